The predicted octanol–water partition coefficient (Wildman–Crippen LogP) is 1.98. The number of aryl methyl sites for hydroxylation is 1. The summed E-state index contributed by atoms with van der Waals surface area (Å²) in [6.07, 6.45) is 2.22. The zero-order valence-electron chi connectivity index (χ0n) is 14.5. The number of rotatable bonds is 3. The Bertz CT molecular complexity index is 1040. The van der Waals surface area contributed by atoms with Crippen LogP contribution in [0.25, 0.3) is 16.9 Å². The van der Waals surface area contributed by atoms with Gasteiger partial charge in [0.05, 0.1) is 18.1 Å². The van der Waals surface area contributed by atoms with Crippen LogP contribution in [0.1, 0.15) is 14.5 Å². The molecule has 0 unspecified atom stereocenters. The Morgan fingerprint density at radius 1 is 1.35 bits per heavy atom. The second-order valence-electron chi connectivity index (χ2n) is 4.62. The number of benzene rings is 1. The highest BCUT2D eigenvalue weighted by Crippen LogP contribution is 2.20. The molecule has 0 radical (unpaired) electrons. The van der Waals surface area contributed by atoms with E-state index in [9.17, 15) is 14.7 Å². The number of aromatic carboxylic acids is 1. The second-order valence-corrected chi connectivity index (χ2v) is 5.05. The molecule has 8 heteroatoms. The first-order valence-corrected chi connectivity index (χ1v) is 6.74. The zero-order valence-corrected chi connectivity index (χ0v) is 12.2. The van der Waals surface area contributed by atoms with E-state index in [0.717, 1.165) is 23.1 Å². The summed E-state index contributed by atoms with van der Waals surface area (Å²) >= 11 is 5.84. The molecule has 3 aromatic rings. The van der Waals surface area contributed by atoms with Gasteiger partial charge in [0.15, 0.2) is 0 Å². The molecule has 0 saturated carbocycles. The SMILES string of the molecule is [2H]C([2H])([2H])n1cc(-n2nc(-c3ccc(Cl)cc3)cc(C(=O)O)c2=O)cn1. The summed E-state index contributed by atoms with van der Waals surface area (Å²) in [5, 5.41) is 17.6. The van der Waals surface area contributed by atoms with Crippen LogP contribution in [0.4, 0.5) is 0 Å². The van der Waals surface area contributed by atoms with E-state index in [1.165, 1.54) is 0 Å². The highest BCUT2D eigenvalue weighted by atomic mass is 35.5. The van der Waals surface area contributed by atoms with Gasteiger partial charge < -0.3 is 5.11 Å². The summed E-state index contributed by atoms with van der Waals surface area (Å²) in [4.78, 5) is 23.9. The predicted molar refractivity (Wildman–Crippen MR) is 84.0 cm³/mol. The molecule has 1 aromatic carbocycles. The number of nitrogens with zero attached hydrogens (tertiary/aromatic N) is 4. The lowest BCUT2D eigenvalue weighted by Gasteiger charge is -2.07. The number of aromatic nitrogens is 4. The molecule has 0 amide bonds. The van der Waals surface area contributed by atoms with E-state index in [4.69, 9.17) is 15.7 Å². The van der Waals surface area contributed by atoms with Crippen molar-refractivity contribution in [2.75, 3.05) is 0 Å². The summed E-state index contributed by atoms with van der Waals surface area (Å²) < 4.78 is 23.5. The highest BCUT2D eigenvalue weighted by molar-refractivity contribution is 6.30. The zero-order chi connectivity index (χ0) is 19.1. The monoisotopic (exact) mass is 333 g/mol. The Hall–Kier alpha value is -2.93. The molecule has 3 rings (SSSR count). The van der Waals surface area contributed by atoms with E-state index < -0.39 is 24.1 Å². The van der Waals surface area contributed by atoms with Crippen molar-refractivity contribution in [1.82, 2.24) is 19.6 Å². The third-order valence-corrected chi connectivity index (χ3v) is 3.35. The van der Waals surface area contributed by atoms with Gasteiger partial charge in [-0.1, -0.05) is 23.7 Å². The van der Waals surface area contributed by atoms with Gasteiger partial charge >= 0.3 is 5.97 Å². The lowest BCUT2D eigenvalue weighted by Crippen LogP contribution is -2.27. The van der Waals surface area contributed by atoms with Gasteiger partial charge in [0.2, 0.25) is 0 Å². The molecular weight excluding hydrogens is 320 g/mol. The molecule has 7 nitrogen and oxygen atoms in total. The molecule has 116 valence electrons. The largest absolute Gasteiger partial charge is 0.477 e. The molecule has 0 aliphatic heterocycles. The van der Waals surface area contributed by atoms with E-state index in [1.54, 1.807) is 24.3 Å². The topological polar surface area (TPSA) is 90.0 Å². The van der Waals surface area contributed by atoms with Crippen LogP contribution in [-0.4, -0.2) is 30.6 Å². The number of hydrogen-bond acceptors (Lipinski definition) is 4. The molecule has 0 aliphatic carbocycles. The van der Waals surface area contributed by atoms with Crippen LogP contribution in [0.2, 0.25) is 5.02 Å². The molecule has 1 N–H and O–H groups in total. The second kappa shape index (κ2) is 5.69. The van der Waals surface area contributed by atoms with E-state index >= 15 is 0 Å². The quantitative estimate of drug-likeness (QED) is 0.791. The Labute approximate surface area is 139 Å². The third-order valence-electron chi connectivity index (χ3n) is 3.10. The normalized spacial score (nSPS) is 13.2. The van der Waals surface area contributed by atoms with Crippen LogP contribution >= 0.6 is 11.6 Å². The van der Waals surface area contributed by atoms with Crippen molar-refractivity contribution in [1.29, 1.82) is 0 Å². The van der Waals surface area contributed by atoms with Gasteiger partial charge in [0.25, 0.3) is 5.56 Å². The Balaban J connectivity index is 2.21. The molecule has 2 aromatic heterocycles. The molecule has 23 heavy (non-hydrogen) atoms. The first-order valence-electron chi connectivity index (χ1n) is 7.86. The van der Waals surface area contributed by atoms with Gasteiger partial charge in [0, 0.05) is 21.7 Å². The van der Waals surface area contributed by atoms with Crippen molar-refractivity contribution in [2.45, 2.75) is 0 Å². The number of halogens is 1. The fourth-order valence-electron chi connectivity index (χ4n) is 2.01. The first kappa shape index (κ1) is 11.6. The smallest absolute Gasteiger partial charge is 0.341 e. The van der Waals surface area contributed by atoms with Gasteiger partial charge in [-0.05, 0) is 18.2 Å². The molecule has 0 saturated heterocycles. The number of hydrogen-bond donors (Lipinski definition) is 1. The maximum absolute atomic E-state index is 12.4. The molecule has 2 heterocycles. The lowest BCUT2D eigenvalue weighted by molar-refractivity contribution is 0.0694. The average molecular weight is 334 g/mol. The fraction of sp³-hybridized carbons (Fsp3) is 0.0667. The molecule has 0 aliphatic rings. The van der Waals surface area contributed by atoms with Crippen molar-refractivity contribution in [3.05, 3.63) is 63.7 Å². The summed E-state index contributed by atoms with van der Waals surface area (Å²) in [6, 6.07) is 7.59. The summed E-state index contributed by atoms with van der Waals surface area (Å²) in [5.74, 6) is -1.43. The van der Waals surface area contributed by atoms with E-state index in [0.29, 0.717) is 15.3 Å². The number of carboxylic acids is 1. The third kappa shape index (κ3) is 2.86. The van der Waals surface area contributed by atoms with Crippen molar-refractivity contribution in [3.63, 3.8) is 0 Å². The van der Waals surface area contributed by atoms with Crippen LogP contribution in [0.5, 0.6) is 0 Å². The summed E-state index contributed by atoms with van der Waals surface area (Å²) in [5.41, 5.74) is -0.634. The molecule has 0 bridgehead atoms. The first-order chi connectivity index (χ1) is 12.2. The fourth-order valence-corrected chi connectivity index (χ4v) is 2.13. The van der Waals surface area contributed by atoms with Crippen LogP contribution in [0, 0.1) is 0 Å². The van der Waals surface area contributed by atoms with Gasteiger partial charge in [-0.2, -0.15) is 14.9 Å². The summed E-state index contributed by atoms with van der Waals surface area (Å²) in [7, 11) is 0. The van der Waals surface area contributed by atoms with Crippen LogP contribution in [0.3, 0.4) is 0 Å². The minimum absolute atomic E-state index is 0.0319. The van der Waals surface area contributed by atoms with E-state index in [-0.39, 0.29) is 11.4 Å². The van der Waals surface area contributed by atoms with Crippen molar-refractivity contribution >= 4 is 17.6 Å². The minimum Gasteiger partial charge on any atom is -0.477 e. The van der Waals surface area contributed by atoms with Gasteiger partial charge in [-0.15, -0.1) is 0 Å². The molecule has 0 spiro atoms. The Morgan fingerprint density at radius 3 is 2.70 bits per heavy atom. The molecular formula is C15H11ClN4O3. The molecule has 0 fully saturated rings. The van der Waals surface area contributed by atoms with E-state index in [1.807, 2.05) is 0 Å². The highest BCUT2D eigenvalue weighted by Gasteiger charge is 2.17. The van der Waals surface area contributed by atoms with Crippen LogP contribution in [-0.2, 0) is 6.98 Å². The standard InChI is InChI=1S/C15H11ClN4O3/c1-19-8-11(7-17-19)20-14(21)12(15(22)23)6-13(18-20)9-2-4-10(16)5-3-9/h2-8H,1H3,(H,22,23)/i1D3. The summed E-state index contributed by atoms with van der Waals surface area (Å²) in [6.45, 7) is -2.54. The molecule has 0 atom stereocenters. The van der Waals surface area contributed by atoms with Gasteiger partial charge in [-0.25, -0.2) is 4.79 Å². The lowest BCUT2D eigenvalue weighted by atomic mass is 10.1. The van der Waals surface area contributed by atoms with Crippen LogP contribution in [0.15, 0.2) is 47.5 Å². The maximum Gasteiger partial charge on any atom is 0.341 e. The number of carboxylic acid groups (broad SMARTS) is 1. The number of carbonyl (C=O) groups is 1. The van der Waals surface area contributed by atoms with Crippen LogP contribution < -0.4 is 5.56 Å². The minimum atomic E-state index is -2.54. The van der Waals surface area contributed by atoms with E-state index in [2.05, 4.69) is 10.2 Å². The average Bonchev–Trinajstić information content (AvgIpc) is 3.05. The van der Waals surface area contributed by atoms with Crippen molar-refractivity contribution < 1.29 is 14.0 Å². The van der Waals surface area contributed by atoms with Gasteiger partial charge in [0.1, 0.15) is 11.3 Å². The Morgan fingerprint density at radius 2 is 2.09 bits per heavy atom. The van der Waals surface area contributed by atoms with Crippen molar-refractivity contribution in [3.8, 4) is 16.9 Å². The van der Waals surface area contributed by atoms with Gasteiger partial charge in [-0.3, -0.25) is 9.48 Å². The maximum atomic E-state index is 12.4. The van der Waals surface area contributed by atoms with Crippen molar-refractivity contribution in [2.24, 2.45) is 6.98 Å². The Kier molecular flexibility index (Phi) is 2.87.